The minimum absolute atomic E-state index is 0.0959. The minimum Gasteiger partial charge on any atom is -0.490 e. The molecule has 1 saturated heterocycles. The average Bonchev–Trinajstić information content (AvgIpc) is 3.08. The summed E-state index contributed by atoms with van der Waals surface area (Å²) in [7, 11) is 0. The van der Waals surface area contributed by atoms with Crippen molar-refractivity contribution in [3.63, 3.8) is 0 Å². The Labute approximate surface area is 201 Å². The number of nitrogens with zero attached hydrogens (tertiary/aromatic N) is 1. The Morgan fingerprint density at radius 1 is 1.00 bits per heavy atom. The van der Waals surface area contributed by atoms with Crippen molar-refractivity contribution >= 4 is 29.6 Å². The largest absolute Gasteiger partial charge is 0.490 e. The number of urea groups is 1. The second kappa shape index (κ2) is 10.4. The number of amides is 3. The lowest BCUT2D eigenvalue weighted by molar-refractivity contribution is -0.123. The van der Waals surface area contributed by atoms with E-state index in [1.165, 1.54) is 12.1 Å². The summed E-state index contributed by atoms with van der Waals surface area (Å²) in [5.41, 5.74) is 1.94. The Balaban J connectivity index is 1.51. The Morgan fingerprint density at radius 3 is 2.50 bits per heavy atom. The molecule has 0 aliphatic carbocycles. The first-order chi connectivity index (χ1) is 16.4. The standard InChI is InChI=1S/C26H22ClFN2O4/c1-2-33-24-14-18(9-12-23(24)34-16-17-7-10-20(27)11-8-17)13-22-25(31)30(26(32)29-22)15-19-5-3-4-6-21(19)28/h3-14H,2,15-16H2,1H3,(H,29,32)/b22-13+. The van der Waals surface area contributed by atoms with Gasteiger partial charge in [-0.25, -0.2) is 9.18 Å². The van der Waals surface area contributed by atoms with E-state index in [1.807, 2.05) is 19.1 Å². The number of carbonyl (C=O) groups excluding carboxylic acids is 2. The van der Waals surface area contributed by atoms with E-state index in [4.69, 9.17) is 21.1 Å². The predicted octanol–water partition coefficient (Wildman–Crippen LogP) is 5.55. The van der Waals surface area contributed by atoms with Crippen LogP contribution in [-0.4, -0.2) is 23.4 Å². The third kappa shape index (κ3) is 5.38. The molecule has 3 amide bonds. The number of ether oxygens (including phenoxy) is 2. The van der Waals surface area contributed by atoms with Gasteiger partial charge in [-0.2, -0.15) is 0 Å². The molecule has 4 rings (SSSR count). The second-order valence-corrected chi connectivity index (χ2v) is 7.96. The summed E-state index contributed by atoms with van der Waals surface area (Å²) in [6, 6.07) is 18.0. The SMILES string of the molecule is CCOc1cc(/C=C2/NC(=O)N(Cc3ccccc3F)C2=O)ccc1OCc1ccc(Cl)cc1. The van der Waals surface area contributed by atoms with Crippen molar-refractivity contribution in [1.82, 2.24) is 10.2 Å². The molecule has 3 aromatic carbocycles. The first kappa shape index (κ1) is 23.3. The van der Waals surface area contributed by atoms with Crippen molar-refractivity contribution in [3.8, 4) is 11.5 Å². The zero-order valence-corrected chi connectivity index (χ0v) is 19.1. The van der Waals surface area contributed by atoms with Gasteiger partial charge >= 0.3 is 6.03 Å². The molecule has 0 saturated carbocycles. The lowest BCUT2D eigenvalue weighted by Gasteiger charge is -2.13. The first-order valence-corrected chi connectivity index (χ1v) is 11.0. The zero-order chi connectivity index (χ0) is 24.1. The summed E-state index contributed by atoms with van der Waals surface area (Å²) < 4.78 is 25.6. The number of halogens is 2. The van der Waals surface area contributed by atoms with E-state index in [-0.39, 0.29) is 17.8 Å². The van der Waals surface area contributed by atoms with Crippen molar-refractivity contribution in [2.45, 2.75) is 20.1 Å². The summed E-state index contributed by atoms with van der Waals surface area (Å²) in [4.78, 5) is 26.1. The fourth-order valence-electron chi connectivity index (χ4n) is 3.42. The summed E-state index contributed by atoms with van der Waals surface area (Å²) in [5, 5.41) is 3.20. The maximum absolute atomic E-state index is 14.0. The molecular weight excluding hydrogens is 459 g/mol. The van der Waals surface area contributed by atoms with E-state index < -0.39 is 17.8 Å². The molecule has 0 bridgehead atoms. The number of carbonyl (C=O) groups is 2. The van der Waals surface area contributed by atoms with E-state index in [0.717, 1.165) is 10.5 Å². The van der Waals surface area contributed by atoms with Gasteiger partial charge in [0.2, 0.25) is 0 Å². The predicted molar refractivity (Wildman–Crippen MR) is 127 cm³/mol. The maximum Gasteiger partial charge on any atom is 0.329 e. The van der Waals surface area contributed by atoms with E-state index >= 15 is 0 Å². The van der Waals surface area contributed by atoms with E-state index in [9.17, 15) is 14.0 Å². The monoisotopic (exact) mass is 480 g/mol. The van der Waals surface area contributed by atoms with Crippen LogP contribution in [0.4, 0.5) is 9.18 Å². The van der Waals surface area contributed by atoms with Gasteiger partial charge in [0.25, 0.3) is 5.91 Å². The third-order valence-electron chi connectivity index (χ3n) is 5.13. The zero-order valence-electron chi connectivity index (χ0n) is 18.4. The van der Waals surface area contributed by atoms with Crippen LogP contribution in [0.25, 0.3) is 6.08 Å². The highest BCUT2D eigenvalue weighted by molar-refractivity contribution is 6.30. The Bertz CT molecular complexity index is 1240. The molecule has 0 aromatic heterocycles. The molecule has 0 spiro atoms. The van der Waals surface area contributed by atoms with Gasteiger partial charge in [-0.3, -0.25) is 9.69 Å². The number of imide groups is 1. The smallest absolute Gasteiger partial charge is 0.329 e. The van der Waals surface area contributed by atoms with Crippen molar-refractivity contribution in [1.29, 1.82) is 0 Å². The molecule has 0 unspecified atom stereocenters. The van der Waals surface area contributed by atoms with Crippen LogP contribution in [0.5, 0.6) is 11.5 Å². The Morgan fingerprint density at radius 2 is 1.76 bits per heavy atom. The third-order valence-corrected chi connectivity index (χ3v) is 5.39. The fraction of sp³-hybridized carbons (Fsp3) is 0.154. The molecule has 174 valence electrons. The van der Waals surface area contributed by atoms with Crippen LogP contribution in [-0.2, 0) is 17.9 Å². The molecule has 8 heteroatoms. The average molecular weight is 481 g/mol. The molecule has 3 aromatic rings. The minimum atomic E-state index is -0.604. The maximum atomic E-state index is 14.0. The van der Waals surface area contributed by atoms with Gasteiger partial charge in [0, 0.05) is 10.6 Å². The molecule has 6 nitrogen and oxygen atoms in total. The molecule has 34 heavy (non-hydrogen) atoms. The molecule has 0 radical (unpaired) electrons. The van der Waals surface area contributed by atoms with Gasteiger partial charge in [0.05, 0.1) is 13.2 Å². The molecular formula is C26H22ClFN2O4. The number of rotatable bonds is 8. The molecule has 1 fully saturated rings. The molecule has 1 aliphatic rings. The quantitative estimate of drug-likeness (QED) is 0.339. The van der Waals surface area contributed by atoms with Crippen LogP contribution in [0.1, 0.15) is 23.6 Å². The number of benzene rings is 3. The van der Waals surface area contributed by atoms with Gasteiger partial charge in [0.1, 0.15) is 18.1 Å². The van der Waals surface area contributed by atoms with Crippen LogP contribution in [0.15, 0.2) is 72.4 Å². The highest BCUT2D eigenvalue weighted by Gasteiger charge is 2.34. The summed E-state index contributed by atoms with van der Waals surface area (Å²) in [5.74, 6) is 0.0399. The van der Waals surface area contributed by atoms with Crippen molar-refractivity contribution in [2.75, 3.05) is 6.61 Å². The van der Waals surface area contributed by atoms with Crippen LogP contribution < -0.4 is 14.8 Å². The van der Waals surface area contributed by atoms with Gasteiger partial charge in [-0.05, 0) is 54.5 Å². The fourth-order valence-corrected chi connectivity index (χ4v) is 3.55. The first-order valence-electron chi connectivity index (χ1n) is 10.7. The molecule has 0 atom stereocenters. The Hall–Kier alpha value is -3.84. The number of nitrogens with one attached hydrogen (secondary N) is 1. The second-order valence-electron chi connectivity index (χ2n) is 7.53. The van der Waals surface area contributed by atoms with Crippen LogP contribution in [0.3, 0.4) is 0 Å². The lowest BCUT2D eigenvalue weighted by atomic mass is 10.1. The molecule has 1 heterocycles. The molecule has 1 aliphatic heterocycles. The molecule has 1 N–H and O–H groups in total. The van der Waals surface area contributed by atoms with Crippen molar-refractivity contribution < 1.29 is 23.5 Å². The summed E-state index contributed by atoms with van der Waals surface area (Å²) in [6.45, 7) is 2.45. The normalized spacial score (nSPS) is 14.4. The van der Waals surface area contributed by atoms with Crippen molar-refractivity contribution in [3.05, 3.63) is 100.0 Å². The van der Waals surface area contributed by atoms with Gasteiger partial charge in [0.15, 0.2) is 11.5 Å². The summed E-state index contributed by atoms with van der Waals surface area (Å²) in [6.07, 6.45) is 1.55. The number of hydrogen-bond donors (Lipinski definition) is 1. The van der Waals surface area contributed by atoms with E-state index in [1.54, 1.807) is 48.5 Å². The van der Waals surface area contributed by atoms with Gasteiger partial charge < -0.3 is 14.8 Å². The van der Waals surface area contributed by atoms with Gasteiger partial charge in [-0.15, -0.1) is 0 Å². The van der Waals surface area contributed by atoms with Crippen LogP contribution >= 0.6 is 11.6 Å². The van der Waals surface area contributed by atoms with Crippen LogP contribution in [0.2, 0.25) is 5.02 Å². The number of hydrogen-bond acceptors (Lipinski definition) is 4. The van der Waals surface area contributed by atoms with Gasteiger partial charge in [-0.1, -0.05) is 48.0 Å². The Kier molecular flexibility index (Phi) is 7.13. The van der Waals surface area contributed by atoms with Crippen molar-refractivity contribution in [2.24, 2.45) is 0 Å². The van der Waals surface area contributed by atoms with Crippen LogP contribution in [0, 0.1) is 5.82 Å². The van der Waals surface area contributed by atoms with E-state index in [2.05, 4.69) is 5.32 Å². The van der Waals surface area contributed by atoms with E-state index in [0.29, 0.717) is 35.3 Å². The lowest BCUT2D eigenvalue weighted by Crippen LogP contribution is -2.30. The topological polar surface area (TPSA) is 67.9 Å². The highest BCUT2D eigenvalue weighted by Crippen LogP contribution is 2.30. The highest BCUT2D eigenvalue weighted by atomic mass is 35.5. The summed E-state index contributed by atoms with van der Waals surface area (Å²) >= 11 is 5.92.